The number of sulfonamides is 1. The molecule has 0 fully saturated rings. The number of carbonyl (C=O) groups excluding carboxylic acids is 1. The summed E-state index contributed by atoms with van der Waals surface area (Å²) < 4.78 is 27.6. The van der Waals surface area contributed by atoms with Crippen LogP contribution in [0, 0.1) is 0 Å². The molecule has 8 heteroatoms. The number of carbonyl (C=O) groups is 1. The van der Waals surface area contributed by atoms with Crippen LogP contribution >= 0.6 is 0 Å². The summed E-state index contributed by atoms with van der Waals surface area (Å²) in [5, 5.41) is 11.5. The Bertz CT molecular complexity index is 809. The fourth-order valence-electron chi connectivity index (χ4n) is 2.48. The van der Waals surface area contributed by atoms with Crippen molar-refractivity contribution in [2.75, 3.05) is 5.32 Å². The van der Waals surface area contributed by atoms with Crippen LogP contribution in [0.25, 0.3) is 0 Å². The van der Waals surface area contributed by atoms with Crippen molar-refractivity contribution in [1.82, 2.24) is 5.16 Å². The van der Waals surface area contributed by atoms with E-state index in [1.165, 1.54) is 24.3 Å². The zero-order valence-electron chi connectivity index (χ0n) is 11.7. The van der Waals surface area contributed by atoms with Crippen LogP contribution in [0.15, 0.2) is 33.7 Å². The van der Waals surface area contributed by atoms with Gasteiger partial charge in [-0.2, -0.15) is 0 Å². The number of benzene rings is 1. The summed E-state index contributed by atoms with van der Waals surface area (Å²) in [6.45, 7) is 0. The Morgan fingerprint density at radius 1 is 1.18 bits per heavy atom. The highest BCUT2D eigenvalue weighted by molar-refractivity contribution is 7.89. The zero-order chi connectivity index (χ0) is 15.7. The maximum atomic E-state index is 12.3. The Morgan fingerprint density at radius 2 is 1.86 bits per heavy atom. The highest BCUT2D eigenvalue weighted by Gasteiger charge is 2.24. The molecule has 0 bridgehead atoms. The van der Waals surface area contributed by atoms with Gasteiger partial charge in [-0.05, 0) is 43.5 Å². The SMILES string of the molecule is NS(=O)(=O)c1ccc(NC(=O)c2noc3c2CCCC3)cc1. The summed E-state index contributed by atoms with van der Waals surface area (Å²) in [6, 6.07) is 5.63. The second kappa shape index (κ2) is 5.54. The summed E-state index contributed by atoms with van der Waals surface area (Å²) in [6.07, 6.45) is 3.64. The van der Waals surface area contributed by atoms with E-state index in [0.717, 1.165) is 37.0 Å². The lowest BCUT2D eigenvalue weighted by Crippen LogP contribution is -2.16. The van der Waals surface area contributed by atoms with Crippen molar-refractivity contribution in [1.29, 1.82) is 0 Å². The van der Waals surface area contributed by atoms with E-state index < -0.39 is 10.0 Å². The molecular formula is C14H15N3O4S. The molecule has 0 radical (unpaired) electrons. The van der Waals surface area contributed by atoms with Gasteiger partial charge < -0.3 is 9.84 Å². The van der Waals surface area contributed by atoms with Crippen LogP contribution in [-0.2, 0) is 22.9 Å². The molecular weight excluding hydrogens is 306 g/mol. The number of primary sulfonamides is 1. The average molecular weight is 321 g/mol. The van der Waals surface area contributed by atoms with Gasteiger partial charge in [-0.25, -0.2) is 13.6 Å². The average Bonchev–Trinajstić information content (AvgIpc) is 2.91. The normalized spacial score (nSPS) is 14.4. The first-order chi connectivity index (χ1) is 10.4. The molecule has 2 aromatic rings. The van der Waals surface area contributed by atoms with E-state index >= 15 is 0 Å². The summed E-state index contributed by atoms with van der Waals surface area (Å²) in [5.74, 6) is 0.413. The highest BCUT2D eigenvalue weighted by Crippen LogP contribution is 2.25. The van der Waals surface area contributed by atoms with Crippen LogP contribution in [0.5, 0.6) is 0 Å². The first-order valence-corrected chi connectivity index (χ1v) is 8.41. The second-order valence-electron chi connectivity index (χ2n) is 5.16. The molecule has 0 saturated heterocycles. The molecule has 1 heterocycles. The van der Waals surface area contributed by atoms with Gasteiger partial charge in [-0.1, -0.05) is 5.16 Å². The third-order valence-electron chi connectivity index (χ3n) is 3.61. The Kier molecular flexibility index (Phi) is 3.71. The molecule has 1 aromatic heterocycles. The third kappa shape index (κ3) is 2.88. The molecule has 1 aliphatic carbocycles. The molecule has 22 heavy (non-hydrogen) atoms. The van der Waals surface area contributed by atoms with Gasteiger partial charge in [0, 0.05) is 17.7 Å². The van der Waals surface area contributed by atoms with Gasteiger partial charge in [-0.3, -0.25) is 4.79 Å². The lowest BCUT2D eigenvalue weighted by atomic mass is 9.96. The zero-order valence-corrected chi connectivity index (χ0v) is 12.5. The number of nitrogens with zero attached hydrogens (tertiary/aromatic N) is 1. The van der Waals surface area contributed by atoms with Crippen molar-refractivity contribution in [3.63, 3.8) is 0 Å². The van der Waals surface area contributed by atoms with Gasteiger partial charge in [0.05, 0.1) is 4.90 Å². The summed E-state index contributed by atoms with van der Waals surface area (Å²) in [4.78, 5) is 12.2. The number of anilines is 1. The molecule has 0 spiro atoms. The predicted molar refractivity (Wildman–Crippen MR) is 78.9 cm³/mol. The third-order valence-corrected chi connectivity index (χ3v) is 4.54. The minimum absolute atomic E-state index is 0.00989. The molecule has 0 atom stereocenters. The maximum absolute atomic E-state index is 12.3. The minimum atomic E-state index is -3.74. The Labute approximate surface area is 127 Å². The Balaban J connectivity index is 1.78. The first kappa shape index (κ1) is 14.7. The Hall–Kier alpha value is -2.19. The van der Waals surface area contributed by atoms with Gasteiger partial charge >= 0.3 is 0 Å². The molecule has 1 aromatic carbocycles. The van der Waals surface area contributed by atoms with Crippen LogP contribution in [0.4, 0.5) is 5.69 Å². The fourth-order valence-corrected chi connectivity index (χ4v) is 3.00. The van der Waals surface area contributed by atoms with Gasteiger partial charge in [0.2, 0.25) is 10.0 Å². The van der Waals surface area contributed by atoms with Crippen molar-refractivity contribution in [3.8, 4) is 0 Å². The number of hydrogen-bond donors (Lipinski definition) is 2. The number of aromatic nitrogens is 1. The fraction of sp³-hybridized carbons (Fsp3) is 0.286. The number of hydrogen-bond acceptors (Lipinski definition) is 5. The molecule has 3 rings (SSSR count). The van der Waals surface area contributed by atoms with Crippen LogP contribution in [0.2, 0.25) is 0 Å². The van der Waals surface area contributed by atoms with E-state index in [-0.39, 0.29) is 10.8 Å². The van der Waals surface area contributed by atoms with Crippen LogP contribution < -0.4 is 10.5 Å². The van der Waals surface area contributed by atoms with Crippen molar-refractivity contribution in [2.45, 2.75) is 30.6 Å². The smallest absolute Gasteiger partial charge is 0.278 e. The molecule has 3 N–H and O–H groups in total. The number of aryl methyl sites for hydroxylation is 1. The van der Waals surface area contributed by atoms with Crippen LogP contribution in [0.3, 0.4) is 0 Å². The van der Waals surface area contributed by atoms with Gasteiger partial charge in [-0.15, -0.1) is 0 Å². The van der Waals surface area contributed by atoms with E-state index in [2.05, 4.69) is 10.5 Å². The lowest BCUT2D eigenvalue weighted by Gasteiger charge is -2.09. The highest BCUT2D eigenvalue weighted by atomic mass is 32.2. The van der Waals surface area contributed by atoms with Crippen molar-refractivity contribution in [3.05, 3.63) is 41.3 Å². The summed E-state index contributed by atoms with van der Waals surface area (Å²) in [5.41, 5.74) is 1.63. The van der Waals surface area contributed by atoms with E-state index in [9.17, 15) is 13.2 Å². The largest absolute Gasteiger partial charge is 0.360 e. The topological polar surface area (TPSA) is 115 Å². The molecule has 0 aliphatic heterocycles. The number of rotatable bonds is 3. The molecule has 116 valence electrons. The van der Waals surface area contributed by atoms with Gasteiger partial charge in [0.1, 0.15) is 5.76 Å². The summed E-state index contributed by atoms with van der Waals surface area (Å²) >= 11 is 0. The molecule has 1 aliphatic rings. The lowest BCUT2D eigenvalue weighted by molar-refractivity contribution is 0.101. The Morgan fingerprint density at radius 3 is 2.55 bits per heavy atom. The number of amides is 1. The van der Waals surface area contributed by atoms with Crippen LogP contribution in [0.1, 0.15) is 34.7 Å². The second-order valence-corrected chi connectivity index (χ2v) is 6.72. The van der Waals surface area contributed by atoms with E-state index in [0.29, 0.717) is 11.4 Å². The number of nitrogens with one attached hydrogen (secondary N) is 1. The monoisotopic (exact) mass is 321 g/mol. The van der Waals surface area contributed by atoms with E-state index in [1.54, 1.807) is 0 Å². The predicted octanol–water partition coefficient (Wildman–Crippen LogP) is 1.45. The number of nitrogens with two attached hydrogens (primary N) is 1. The van der Waals surface area contributed by atoms with E-state index in [4.69, 9.17) is 9.66 Å². The molecule has 1 amide bonds. The minimum Gasteiger partial charge on any atom is -0.360 e. The van der Waals surface area contributed by atoms with Crippen molar-refractivity contribution in [2.24, 2.45) is 5.14 Å². The quantitative estimate of drug-likeness (QED) is 0.887. The van der Waals surface area contributed by atoms with E-state index in [1.807, 2.05) is 0 Å². The first-order valence-electron chi connectivity index (χ1n) is 6.87. The molecule has 0 unspecified atom stereocenters. The van der Waals surface area contributed by atoms with Gasteiger partial charge in [0.15, 0.2) is 5.69 Å². The number of fused-ring (bicyclic) bond motifs is 1. The standard InChI is InChI=1S/C14H15N3O4S/c15-22(19,20)10-7-5-9(6-8-10)16-14(18)13-11-3-1-2-4-12(11)21-17-13/h5-8H,1-4H2,(H,16,18)(H2,15,19,20). The summed E-state index contributed by atoms with van der Waals surface area (Å²) in [7, 11) is -3.74. The van der Waals surface area contributed by atoms with Crippen molar-refractivity contribution >= 4 is 21.6 Å². The maximum Gasteiger partial charge on any atom is 0.278 e. The van der Waals surface area contributed by atoms with Crippen molar-refractivity contribution < 1.29 is 17.7 Å². The van der Waals surface area contributed by atoms with Gasteiger partial charge in [0.25, 0.3) is 5.91 Å². The molecule has 7 nitrogen and oxygen atoms in total. The van der Waals surface area contributed by atoms with Crippen LogP contribution in [-0.4, -0.2) is 19.5 Å². The molecule has 0 saturated carbocycles.